The van der Waals surface area contributed by atoms with E-state index in [0.29, 0.717) is 13.1 Å². The van der Waals surface area contributed by atoms with Gasteiger partial charge in [-0.3, -0.25) is 9.79 Å². The highest BCUT2D eigenvalue weighted by molar-refractivity contribution is 5.68. The SMILES string of the molecule is O=C(OO)N1Cc2ccccc2C1. The molecule has 1 aliphatic rings. The zero-order valence-corrected chi connectivity index (χ0v) is 6.93. The molecule has 0 fully saturated rings. The third-order valence-electron chi connectivity index (χ3n) is 2.18. The van der Waals surface area contributed by atoms with E-state index in [0.717, 1.165) is 11.1 Å². The summed E-state index contributed by atoms with van der Waals surface area (Å²) in [4.78, 5) is 16.0. The predicted octanol–water partition coefficient (Wildman–Crippen LogP) is 1.61. The van der Waals surface area contributed by atoms with Gasteiger partial charge in [-0.1, -0.05) is 24.3 Å². The van der Waals surface area contributed by atoms with Crippen LogP contribution in [0, 0.1) is 0 Å². The Morgan fingerprint density at radius 1 is 1.31 bits per heavy atom. The zero-order chi connectivity index (χ0) is 9.26. The fraction of sp³-hybridized carbons (Fsp3) is 0.222. The molecule has 4 nitrogen and oxygen atoms in total. The average molecular weight is 179 g/mol. The number of carbonyl (C=O) groups excluding carboxylic acids is 1. The zero-order valence-electron chi connectivity index (χ0n) is 6.93. The molecule has 0 saturated carbocycles. The minimum atomic E-state index is -0.698. The van der Waals surface area contributed by atoms with Gasteiger partial charge in [-0.25, -0.2) is 4.79 Å². The van der Waals surface area contributed by atoms with Gasteiger partial charge in [0.05, 0.1) is 0 Å². The summed E-state index contributed by atoms with van der Waals surface area (Å²) in [5.74, 6) is 0. The number of nitrogens with zero attached hydrogens (tertiary/aromatic N) is 1. The highest BCUT2D eigenvalue weighted by atomic mass is 17.1. The van der Waals surface area contributed by atoms with Gasteiger partial charge in [0.15, 0.2) is 0 Å². The first-order chi connectivity index (χ1) is 6.31. The Balaban J connectivity index is 2.18. The normalized spacial score (nSPS) is 14.1. The van der Waals surface area contributed by atoms with Gasteiger partial charge in [-0.05, 0) is 11.1 Å². The van der Waals surface area contributed by atoms with Crippen molar-refractivity contribution in [3.05, 3.63) is 35.4 Å². The molecule has 1 N–H and O–H groups in total. The Morgan fingerprint density at radius 3 is 2.31 bits per heavy atom. The Morgan fingerprint density at radius 2 is 1.85 bits per heavy atom. The van der Waals surface area contributed by atoms with Crippen molar-refractivity contribution in [2.24, 2.45) is 0 Å². The van der Waals surface area contributed by atoms with Crippen molar-refractivity contribution in [2.75, 3.05) is 0 Å². The molecular formula is C9H9NO3. The number of rotatable bonds is 0. The first-order valence-electron chi connectivity index (χ1n) is 3.98. The molecule has 1 aromatic rings. The molecule has 0 aromatic heterocycles. The van der Waals surface area contributed by atoms with Crippen molar-refractivity contribution in [3.63, 3.8) is 0 Å². The molecule has 0 bridgehead atoms. The van der Waals surface area contributed by atoms with Gasteiger partial charge in [0, 0.05) is 13.1 Å². The van der Waals surface area contributed by atoms with Crippen molar-refractivity contribution in [1.82, 2.24) is 4.90 Å². The molecule has 1 aliphatic heterocycles. The fourth-order valence-electron chi connectivity index (χ4n) is 1.52. The maximum absolute atomic E-state index is 10.9. The Labute approximate surface area is 75.3 Å². The van der Waals surface area contributed by atoms with Crippen LogP contribution in [-0.2, 0) is 18.0 Å². The lowest BCUT2D eigenvalue weighted by Crippen LogP contribution is -2.24. The quantitative estimate of drug-likeness (QED) is 0.486. The summed E-state index contributed by atoms with van der Waals surface area (Å²) in [6, 6.07) is 7.76. The van der Waals surface area contributed by atoms with Crippen molar-refractivity contribution in [2.45, 2.75) is 13.1 Å². The summed E-state index contributed by atoms with van der Waals surface area (Å²) >= 11 is 0. The first kappa shape index (κ1) is 8.07. The lowest BCUT2D eigenvalue weighted by molar-refractivity contribution is -0.188. The van der Waals surface area contributed by atoms with E-state index in [1.807, 2.05) is 24.3 Å². The van der Waals surface area contributed by atoms with E-state index in [4.69, 9.17) is 5.26 Å². The van der Waals surface area contributed by atoms with Gasteiger partial charge in [0.25, 0.3) is 0 Å². The molecule has 0 unspecified atom stereocenters. The molecule has 13 heavy (non-hydrogen) atoms. The van der Waals surface area contributed by atoms with Gasteiger partial charge >= 0.3 is 6.09 Å². The minimum absolute atomic E-state index is 0.509. The van der Waals surface area contributed by atoms with Crippen LogP contribution in [0.4, 0.5) is 4.79 Å². The first-order valence-corrected chi connectivity index (χ1v) is 3.98. The summed E-state index contributed by atoms with van der Waals surface area (Å²) in [5.41, 5.74) is 2.21. The lowest BCUT2D eigenvalue weighted by Gasteiger charge is -2.10. The number of amides is 1. The second-order valence-corrected chi connectivity index (χ2v) is 2.98. The molecule has 1 heterocycles. The Bertz CT molecular complexity index is 312. The van der Waals surface area contributed by atoms with Crippen molar-refractivity contribution in [1.29, 1.82) is 0 Å². The van der Waals surface area contributed by atoms with Gasteiger partial charge < -0.3 is 0 Å². The van der Waals surface area contributed by atoms with Crippen LogP contribution in [0.15, 0.2) is 24.3 Å². The predicted molar refractivity (Wildman–Crippen MR) is 44.8 cm³/mol. The molecule has 2 rings (SSSR count). The van der Waals surface area contributed by atoms with Crippen LogP contribution in [0.1, 0.15) is 11.1 Å². The van der Waals surface area contributed by atoms with E-state index < -0.39 is 6.09 Å². The van der Waals surface area contributed by atoms with E-state index in [1.54, 1.807) is 0 Å². The number of fused-ring (bicyclic) bond motifs is 1. The van der Waals surface area contributed by atoms with Crippen LogP contribution in [0.2, 0.25) is 0 Å². The minimum Gasteiger partial charge on any atom is -0.297 e. The molecule has 0 aliphatic carbocycles. The number of benzene rings is 1. The Kier molecular flexibility index (Phi) is 1.90. The fourth-order valence-corrected chi connectivity index (χ4v) is 1.52. The van der Waals surface area contributed by atoms with Crippen LogP contribution in [0.3, 0.4) is 0 Å². The van der Waals surface area contributed by atoms with Gasteiger partial charge in [0.2, 0.25) is 0 Å². The van der Waals surface area contributed by atoms with E-state index >= 15 is 0 Å². The summed E-state index contributed by atoms with van der Waals surface area (Å²) in [6.45, 7) is 1.02. The second-order valence-electron chi connectivity index (χ2n) is 2.98. The van der Waals surface area contributed by atoms with Crippen molar-refractivity contribution in [3.8, 4) is 0 Å². The largest absolute Gasteiger partial charge is 0.441 e. The molecule has 0 atom stereocenters. The van der Waals surface area contributed by atoms with E-state index in [2.05, 4.69) is 4.89 Å². The molecule has 0 spiro atoms. The van der Waals surface area contributed by atoms with Crippen LogP contribution < -0.4 is 0 Å². The summed E-state index contributed by atoms with van der Waals surface area (Å²) in [5, 5.41) is 8.18. The third-order valence-corrected chi connectivity index (χ3v) is 2.18. The van der Waals surface area contributed by atoms with Gasteiger partial charge in [-0.2, -0.15) is 5.26 Å². The maximum atomic E-state index is 10.9. The third kappa shape index (κ3) is 1.36. The maximum Gasteiger partial charge on any atom is 0.441 e. The van der Waals surface area contributed by atoms with Crippen LogP contribution in [0.5, 0.6) is 0 Å². The van der Waals surface area contributed by atoms with E-state index in [-0.39, 0.29) is 0 Å². The van der Waals surface area contributed by atoms with Crippen molar-refractivity contribution < 1.29 is 14.9 Å². The number of carbonyl (C=O) groups is 1. The van der Waals surface area contributed by atoms with Gasteiger partial charge in [-0.15, -0.1) is 0 Å². The molecule has 1 aromatic carbocycles. The monoisotopic (exact) mass is 179 g/mol. The summed E-state index contributed by atoms with van der Waals surface area (Å²) in [7, 11) is 0. The number of hydrogen-bond acceptors (Lipinski definition) is 3. The number of hydrogen-bond donors (Lipinski definition) is 1. The van der Waals surface area contributed by atoms with Gasteiger partial charge in [0.1, 0.15) is 0 Å². The smallest absolute Gasteiger partial charge is 0.297 e. The molecule has 68 valence electrons. The summed E-state index contributed by atoms with van der Waals surface area (Å²) in [6.07, 6.45) is -0.698. The second kappa shape index (κ2) is 3.06. The molecule has 1 amide bonds. The lowest BCUT2D eigenvalue weighted by atomic mass is 10.1. The standard InChI is InChI=1S/C9H9NO3/c11-9(13-12)10-5-7-3-1-2-4-8(7)6-10/h1-4,12H,5-6H2. The average Bonchev–Trinajstić information content (AvgIpc) is 2.59. The highest BCUT2D eigenvalue weighted by Crippen LogP contribution is 2.22. The highest BCUT2D eigenvalue weighted by Gasteiger charge is 2.23. The van der Waals surface area contributed by atoms with Crippen LogP contribution in [0.25, 0.3) is 0 Å². The molecule has 4 heteroatoms. The van der Waals surface area contributed by atoms with Crippen LogP contribution in [-0.4, -0.2) is 16.3 Å². The Hall–Kier alpha value is -1.55. The van der Waals surface area contributed by atoms with E-state index in [9.17, 15) is 4.79 Å². The topological polar surface area (TPSA) is 49.8 Å². The van der Waals surface area contributed by atoms with E-state index in [1.165, 1.54) is 4.90 Å². The molecular weight excluding hydrogens is 170 g/mol. The van der Waals surface area contributed by atoms with Crippen molar-refractivity contribution >= 4 is 6.09 Å². The summed E-state index contributed by atoms with van der Waals surface area (Å²) < 4.78 is 0. The van der Waals surface area contributed by atoms with Crippen LogP contribution >= 0.6 is 0 Å². The molecule has 0 radical (unpaired) electrons. The molecule has 0 saturated heterocycles.